The Hall–Kier alpha value is -1.58. The molecule has 0 atom stereocenters. The van der Waals surface area contributed by atoms with Crippen LogP contribution in [0.2, 0.25) is 0 Å². The third kappa shape index (κ3) is 2.59. The van der Waals surface area contributed by atoms with E-state index in [4.69, 9.17) is 0 Å². The molecule has 0 bridgehead atoms. The molecular formula is C12H14BrF3N6. The number of rotatable bonds is 4. The first-order valence-corrected chi connectivity index (χ1v) is 7.72. The molecule has 0 aliphatic carbocycles. The Labute approximate surface area is 132 Å². The third-order valence-corrected chi connectivity index (χ3v) is 3.90. The van der Waals surface area contributed by atoms with E-state index in [0.29, 0.717) is 22.8 Å². The second-order valence-corrected chi connectivity index (χ2v) is 5.86. The SMILES string of the molecule is CCCCCN1Cn2c(nnc2C(F)(F)F)-c2[nH]c(Br)nc21. The number of nitrogens with one attached hydrogen (secondary N) is 1. The number of halogens is 4. The number of hydrogen-bond donors (Lipinski definition) is 1. The number of unbranched alkanes of at least 4 members (excludes halogenated alkanes) is 2. The van der Waals surface area contributed by atoms with Crippen molar-refractivity contribution < 1.29 is 13.2 Å². The standard InChI is InChI=1S/C12H14BrF3N6/c1-2-3-4-5-21-6-22-9(7-8(21)18-11(13)17-7)19-20-10(22)12(14,15)16/h2-6H2,1H3,(H,17,18). The first-order valence-electron chi connectivity index (χ1n) is 6.93. The third-order valence-electron chi connectivity index (χ3n) is 3.53. The van der Waals surface area contributed by atoms with E-state index in [0.717, 1.165) is 23.8 Å². The van der Waals surface area contributed by atoms with Crippen molar-refractivity contribution >= 4 is 21.7 Å². The molecule has 120 valence electrons. The van der Waals surface area contributed by atoms with E-state index >= 15 is 0 Å². The lowest BCUT2D eigenvalue weighted by atomic mass is 10.2. The first kappa shape index (κ1) is 15.3. The number of alkyl halides is 3. The molecule has 0 radical (unpaired) electrons. The smallest absolute Gasteiger partial charge is 0.336 e. The molecule has 1 N–H and O–H groups in total. The van der Waals surface area contributed by atoms with Gasteiger partial charge in [-0.2, -0.15) is 13.2 Å². The number of imidazole rings is 1. The molecule has 0 aromatic carbocycles. The molecule has 10 heteroatoms. The Balaban J connectivity index is 2.01. The van der Waals surface area contributed by atoms with Gasteiger partial charge in [0.2, 0.25) is 5.82 Å². The van der Waals surface area contributed by atoms with Crippen LogP contribution in [-0.2, 0) is 12.8 Å². The summed E-state index contributed by atoms with van der Waals surface area (Å²) in [6, 6.07) is 0. The molecule has 3 heterocycles. The van der Waals surface area contributed by atoms with Crippen molar-refractivity contribution in [3.05, 3.63) is 10.6 Å². The van der Waals surface area contributed by atoms with Crippen molar-refractivity contribution in [2.45, 2.75) is 39.0 Å². The molecular weight excluding hydrogens is 365 g/mol. The topological polar surface area (TPSA) is 62.6 Å². The maximum absolute atomic E-state index is 13.0. The van der Waals surface area contributed by atoms with Gasteiger partial charge in [-0.3, -0.25) is 4.57 Å². The van der Waals surface area contributed by atoms with Crippen LogP contribution in [0.1, 0.15) is 32.0 Å². The van der Waals surface area contributed by atoms with Crippen molar-refractivity contribution in [3.63, 3.8) is 0 Å². The predicted octanol–water partition coefficient (Wildman–Crippen LogP) is 3.42. The van der Waals surface area contributed by atoms with Gasteiger partial charge in [0.05, 0.1) is 6.67 Å². The van der Waals surface area contributed by atoms with Crippen LogP contribution in [0.15, 0.2) is 4.73 Å². The summed E-state index contributed by atoms with van der Waals surface area (Å²) in [4.78, 5) is 9.03. The summed E-state index contributed by atoms with van der Waals surface area (Å²) in [7, 11) is 0. The Bertz CT molecular complexity index is 677. The fourth-order valence-corrected chi connectivity index (χ4v) is 2.89. The van der Waals surface area contributed by atoms with E-state index in [-0.39, 0.29) is 12.5 Å². The van der Waals surface area contributed by atoms with Crippen LogP contribution in [-0.4, -0.2) is 31.3 Å². The van der Waals surface area contributed by atoms with Crippen LogP contribution in [0.4, 0.5) is 19.0 Å². The number of fused-ring (bicyclic) bond motifs is 3. The monoisotopic (exact) mass is 378 g/mol. The summed E-state index contributed by atoms with van der Waals surface area (Å²) in [5.41, 5.74) is 0.456. The van der Waals surface area contributed by atoms with Gasteiger partial charge in [0.25, 0.3) is 0 Å². The molecule has 2 aromatic rings. The van der Waals surface area contributed by atoms with Crippen molar-refractivity contribution in [2.24, 2.45) is 0 Å². The minimum atomic E-state index is -4.53. The molecule has 22 heavy (non-hydrogen) atoms. The highest BCUT2D eigenvalue weighted by molar-refractivity contribution is 9.10. The maximum atomic E-state index is 13.0. The highest BCUT2D eigenvalue weighted by Crippen LogP contribution is 2.38. The normalized spacial score (nSPS) is 14.1. The number of nitrogens with zero attached hydrogens (tertiary/aromatic N) is 5. The number of anilines is 1. The summed E-state index contributed by atoms with van der Waals surface area (Å²) >= 11 is 3.23. The predicted molar refractivity (Wildman–Crippen MR) is 77.2 cm³/mol. The van der Waals surface area contributed by atoms with Crippen LogP contribution < -0.4 is 4.90 Å². The zero-order valence-electron chi connectivity index (χ0n) is 11.8. The van der Waals surface area contributed by atoms with Crippen molar-refractivity contribution in [1.29, 1.82) is 0 Å². The largest absolute Gasteiger partial charge is 0.451 e. The molecule has 2 aromatic heterocycles. The highest BCUT2D eigenvalue weighted by Gasteiger charge is 2.41. The molecule has 0 unspecified atom stereocenters. The summed E-state index contributed by atoms with van der Waals surface area (Å²) in [6.07, 6.45) is -1.59. The summed E-state index contributed by atoms with van der Waals surface area (Å²) in [5.74, 6) is -0.219. The van der Waals surface area contributed by atoms with Gasteiger partial charge in [0.15, 0.2) is 16.4 Å². The van der Waals surface area contributed by atoms with E-state index in [2.05, 4.69) is 43.0 Å². The molecule has 0 saturated carbocycles. The summed E-state index contributed by atoms with van der Waals surface area (Å²) in [6.45, 7) is 2.75. The lowest BCUT2D eigenvalue weighted by Crippen LogP contribution is -2.33. The average Bonchev–Trinajstić information content (AvgIpc) is 3.00. The van der Waals surface area contributed by atoms with E-state index in [1.807, 2.05) is 4.90 Å². The van der Waals surface area contributed by atoms with E-state index < -0.39 is 12.0 Å². The van der Waals surface area contributed by atoms with Crippen molar-refractivity contribution in [2.75, 3.05) is 11.4 Å². The Morgan fingerprint density at radius 1 is 1.27 bits per heavy atom. The zero-order chi connectivity index (χ0) is 15.9. The molecule has 1 aliphatic rings. The van der Waals surface area contributed by atoms with Gasteiger partial charge in [-0.1, -0.05) is 19.8 Å². The second kappa shape index (κ2) is 5.56. The van der Waals surface area contributed by atoms with E-state index in [9.17, 15) is 13.2 Å². The van der Waals surface area contributed by atoms with Gasteiger partial charge in [0, 0.05) is 6.54 Å². The first-order chi connectivity index (χ1) is 10.4. The number of H-pyrrole nitrogens is 1. The van der Waals surface area contributed by atoms with E-state index in [1.165, 1.54) is 0 Å². The van der Waals surface area contributed by atoms with Gasteiger partial charge in [-0.15, -0.1) is 10.2 Å². The van der Waals surface area contributed by atoms with Crippen LogP contribution in [0.3, 0.4) is 0 Å². The Kier molecular flexibility index (Phi) is 3.87. The summed E-state index contributed by atoms with van der Waals surface area (Å²) < 4.78 is 40.7. The maximum Gasteiger partial charge on any atom is 0.451 e. The van der Waals surface area contributed by atoms with Crippen LogP contribution >= 0.6 is 15.9 Å². The van der Waals surface area contributed by atoms with Crippen LogP contribution in [0.25, 0.3) is 11.5 Å². The lowest BCUT2D eigenvalue weighted by Gasteiger charge is -2.29. The Morgan fingerprint density at radius 3 is 2.73 bits per heavy atom. The van der Waals surface area contributed by atoms with Crippen LogP contribution in [0.5, 0.6) is 0 Å². The molecule has 3 rings (SSSR count). The minimum absolute atomic E-state index is 0.0468. The molecule has 0 spiro atoms. The number of hydrogen-bond acceptors (Lipinski definition) is 4. The average molecular weight is 379 g/mol. The lowest BCUT2D eigenvalue weighted by molar-refractivity contribution is -0.147. The van der Waals surface area contributed by atoms with Gasteiger partial charge >= 0.3 is 6.18 Å². The number of aromatic nitrogens is 5. The Morgan fingerprint density at radius 2 is 2.05 bits per heavy atom. The molecule has 0 amide bonds. The van der Waals surface area contributed by atoms with Gasteiger partial charge in [-0.05, 0) is 22.4 Å². The second-order valence-electron chi connectivity index (χ2n) is 5.11. The zero-order valence-corrected chi connectivity index (χ0v) is 13.4. The quantitative estimate of drug-likeness (QED) is 0.828. The van der Waals surface area contributed by atoms with E-state index in [1.54, 1.807) is 0 Å². The molecule has 6 nitrogen and oxygen atoms in total. The highest BCUT2D eigenvalue weighted by atomic mass is 79.9. The fraction of sp³-hybridized carbons (Fsp3) is 0.583. The molecule has 0 saturated heterocycles. The molecule has 1 aliphatic heterocycles. The molecule has 0 fully saturated rings. The van der Waals surface area contributed by atoms with Gasteiger partial charge in [0.1, 0.15) is 5.69 Å². The van der Waals surface area contributed by atoms with Gasteiger partial charge < -0.3 is 9.88 Å². The minimum Gasteiger partial charge on any atom is -0.336 e. The summed E-state index contributed by atoms with van der Waals surface area (Å²) in [5, 5.41) is 6.99. The van der Waals surface area contributed by atoms with Crippen molar-refractivity contribution in [1.82, 2.24) is 24.7 Å². The van der Waals surface area contributed by atoms with Gasteiger partial charge in [-0.25, -0.2) is 4.98 Å². The number of aromatic amines is 1. The van der Waals surface area contributed by atoms with Crippen LogP contribution in [0, 0.1) is 0 Å². The van der Waals surface area contributed by atoms with Crippen molar-refractivity contribution in [3.8, 4) is 11.5 Å². The fourth-order valence-electron chi connectivity index (χ4n) is 2.52.